The number of allylic oxidation sites excluding steroid dienone is 2. The summed E-state index contributed by atoms with van der Waals surface area (Å²) < 4.78 is 29.3. The van der Waals surface area contributed by atoms with Crippen molar-refractivity contribution in [3.8, 4) is 0 Å². The van der Waals surface area contributed by atoms with E-state index in [0.717, 1.165) is 47.5 Å². The maximum absolute atomic E-state index is 14.8. The smallest absolute Gasteiger partial charge is 0.166 e. The second-order valence-corrected chi connectivity index (χ2v) is 11.0. The highest BCUT2D eigenvalue weighted by atomic mass is 19.2. The Kier molecular flexibility index (Phi) is 8.98. The molecule has 4 rings (SSSR count). The normalized spacial score (nSPS) is 25.4. The molecule has 0 aromatic heterocycles. The molecule has 0 bridgehead atoms. The predicted molar refractivity (Wildman–Crippen MR) is 141 cm³/mol. The molecule has 2 heteroatoms. The SMILES string of the molecule is C=CCCc1cc2ccc(CCC3CCC(C4CCC(CCC=C)CC4)CC3)cc2c(F)c1F. The van der Waals surface area contributed by atoms with Gasteiger partial charge in [-0.2, -0.15) is 0 Å². The van der Waals surface area contributed by atoms with Crippen LogP contribution in [0.3, 0.4) is 0 Å². The van der Waals surface area contributed by atoms with Crippen molar-refractivity contribution in [2.75, 3.05) is 0 Å². The highest BCUT2D eigenvalue weighted by molar-refractivity contribution is 5.84. The molecule has 0 radical (unpaired) electrons. The van der Waals surface area contributed by atoms with E-state index in [0.29, 0.717) is 23.8 Å². The van der Waals surface area contributed by atoms with Crippen molar-refractivity contribution in [2.45, 2.75) is 89.9 Å². The Balaban J connectivity index is 1.27. The van der Waals surface area contributed by atoms with Gasteiger partial charge in [0.2, 0.25) is 0 Å². The van der Waals surface area contributed by atoms with E-state index >= 15 is 0 Å². The molecule has 2 aliphatic rings. The van der Waals surface area contributed by atoms with Gasteiger partial charge < -0.3 is 0 Å². The lowest BCUT2D eigenvalue weighted by molar-refractivity contribution is 0.141. The van der Waals surface area contributed by atoms with Crippen LogP contribution in [0.25, 0.3) is 10.8 Å². The van der Waals surface area contributed by atoms with E-state index in [-0.39, 0.29) is 0 Å². The molecule has 0 unspecified atom stereocenters. The summed E-state index contributed by atoms with van der Waals surface area (Å²) in [5, 5.41) is 1.21. The van der Waals surface area contributed by atoms with E-state index in [9.17, 15) is 8.78 Å². The molecule has 2 saturated carbocycles. The topological polar surface area (TPSA) is 0 Å². The molecule has 0 spiro atoms. The summed E-state index contributed by atoms with van der Waals surface area (Å²) in [4.78, 5) is 0. The fourth-order valence-electron chi connectivity index (χ4n) is 6.65. The van der Waals surface area contributed by atoms with Gasteiger partial charge >= 0.3 is 0 Å². The van der Waals surface area contributed by atoms with E-state index in [1.807, 2.05) is 12.1 Å². The fraction of sp³-hybridized carbons (Fsp3) is 0.562. The van der Waals surface area contributed by atoms with Crippen LogP contribution in [0, 0.1) is 35.3 Å². The van der Waals surface area contributed by atoms with E-state index in [1.54, 1.807) is 12.1 Å². The first-order valence-electron chi connectivity index (χ1n) is 13.7. The van der Waals surface area contributed by atoms with E-state index in [2.05, 4.69) is 25.3 Å². The van der Waals surface area contributed by atoms with Crippen LogP contribution in [0.4, 0.5) is 8.78 Å². The number of rotatable bonds is 10. The number of fused-ring (bicyclic) bond motifs is 1. The second kappa shape index (κ2) is 12.1. The average Bonchev–Trinajstić information content (AvgIpc) is 2.88. The minimum Gasteiger partial charge on any atom is -0.203 e. The van der Waals surface area contributed by atoms with Gasteiger partial charge in [0.25, 0.3) is 0 Å². The van der Waals surface area contributed by atoms with Crippen molar-refractivity contribution in [2.24, 2.45) is 23.7 Å². The number of hydrogen-bond donors (Lipinski definition) is 0. The molecule has 0 N–H and O–H groups in total. The molecule has 2 aromatic rings. The zero-order valence-corrected chi connectivity index (χ0v) is 20.8. The molecule has 34 heavy (non-hydrogen) atoms. The zero-order chi connectivity index (χ0) is 23.9. The summed E-state index contributed by atoms with van der Waals surface area (Å²) >= 11 is 0. The van der Waals surface area contributed by atoms with Gasteiger partial charge in [0.15, 0.2) is 11.6 Å². The highest BCUT2D eigenvalue weighted by Gasteiger charge is 2.30. The van der Waals surface area contributed by atoms with Gasteiger partial charge in [0, 0.05) is 5.39 Å². The lowest BCUT2D eigenvalue weighted by atomic mass is 9.68. The summed E-state index contributed by atoms with van der Waals surface area (Å²) in [5.74, 6) is 2.21. The molecule has 2 aromatic carbocycles. The van der Waals surface area contributed by atoms with Gasteiger partial charge in [-0.05, 0) is 117 Å². The Labute approximate surface area is 205 Å². The van der Waals surface area contributed by atoms with Crippen molar-refractivity contribution in [1.82, 2.24) is 0 Å². The summed E-state index contributed by atoms with van der Waals surface area (Å²) in [5.41, 5.74) is 1.57. The van der Waals surface area contributed by atoms with Gasteiger partial charge in [-0.15, -0.1) is 13.2 Å². The van der Waals surface area contributed by atoms with Crippen LogP contribution in [0.1, 0.15) is 88.2 Å². The Morgan fingerprint density at radius 2 is 1.32 bits per heavy atom. The minimum absolute atomic E-state index is 0.421. The fourth-order valence-corrected chi connectivity index (χ4v) is 6.65. The van der Waals surface area contributed by atoms with Gasteiger partial charge in [0.1, 0.15) is 0 Å². The van der Waals surface area contributed by atoms with E-state index in [4.69, 9.17) is 0 Å². The second-order valence-electron chi connectivity index (χ2n) is 11.0. The maximum atomic E-state index is 14.8. The quantitative estimate of drug-likeness (QED) is 0.307. The maximum Gasteiger partial charge on any atom is 0.166 e. The first-order chi connectivity index (χ1) is 16.6. The zero-order valence-electron chi connectivity index (χ0n) is 20.8. The Hall–Kier alpha value is -1.96. The number of benzene rings is 2. The first kappa shape index (κ1) is 25.1. The van der Waals surface area contributed by atoms with Crippen LogP contribution in [0.2, 0.25) is 0 Å². The molecule has 0 heterocycles. The Bertz CT molecular complexity index is 959. The van der Waals surface area contributed by atoms with Crippen LogP contribution < -0.4 is 0 Å². The number of hydrogen-bond acceptors (Lipinski definition) is 0. The van der Waals surface area contributed by atoms with Crippen molar-refractivity contribution in [3.05, 3.63) is 72.3 Å². The third kappa shape index (κ3) is 6.18. The molecule has 2 aliphatic carbocycles. The van der Waals surface area contributed by atoms with Gasteiger partial charge in [-0.25, -0.2) is 8.78 Å². The monoisotopic (exact) mass is 464 g/mol. The van der Waals surface area contributed by atoms with E-state index < -0.39 is 11.6 Å². The Morgan fingerprint density at radius 3 is 1.94 bits per heavy atom. The average molecular weight is 465 g/mol. The third-order valence-corrected chi connectivity index (χ3v) is 8.85. The summed E-state index contributed by atoms with van der Waals surface area (Å²) in [6, 6.07) is 7.75. The van der Waals surface area contributed by atoms with Crippen LogP contribution in [-0.2, 0) is 12.8 Å². The van der Waals surface area contributed by atoms with Gasteiger partial charge in [0.05, 0.1) is 0 Å². The van der Waals surface area contributed by atoms with Crippen LogP contribution in [-0.4, -0.2) is 0 Å². The minimum atomic E-state index is -0.696. The summed E-state index contributed by atoms with van der Waals surface area (Å²) in [6.07, 6.45) is 20.8. The molecular weight excluding hydrogens is 422 g/mol. The third-order valence-electron chi connectivity index (χ3n) is 8.85. The predicted octanol–water partition coefficient (Wildman–Crippen LogP) is 9.75. The van der Waals surface area contributed by atoms with Crippen LogP contribution in [0.5, 0.6) is 0 Å². The largest absolute Gasteiger partial charge is 0.203 e. The lowest BCUT2D eigenvalue weighted by Crippen LogP contribution is -2.26. The molecule has 0 atom stereocenters. The molecule has 0 aliphatic heterocycles. The van der Waals surface area contributed by atoms with Gasteiger partial charge in [-0.3, -0.25) is 0 Å². The molecular formula is C32H42F2. The van der Waals surface area contributed by atoms with Gasteiger partial charge in [-0.1, -0.05) is 50.0 Å². The van der Waals surface area contributed by atoms with Crippen molar-refractivity contribution < 1.29 is 8.78 Å². The first-order valence-corrected chi connectivity index (χ1v) is 13.7. The standard InChI is InChI=1S/C32H42F2/c1-3-5-7-23-11-16-26(17-12-23)27-18-13-24(14-19-27)9-10-25-15-20-28-22-29(8-6-4-2)31(33)32(34)30(28)21-25/h3-4,15,20-24,26-27H,1-2,5-14,16-19H2. The molecule has 0 amide bonds. The van der Waals surface area contributed by atoms with Crippen LogP contribution in [0.15, 0.2) is 49.6 Å². The summed E-state index contributed by atoms with van der Waals surface area (Å²) in [7, 11) is 0. The van der Waals surface area contributed by atoms with Crippen LogP contribution >= 0.6 is 0 Å². The summed E-state index contributed by atoms with van der Waals surface area (Å²) in [6.45, 7) is 7.55. The molecule has 0 saturated heterocycles. The van der Waals surface area contributed by atoms with Crippen molar-refractivity contribution in [1.29, 1.82) is 0 Å². The molecule has 184 valence electrons. The highest BCUT2D eigenvalue weighted by Crippen LogP contribution is 2.43. The molecule has 0 nitrogen and oxygen atoms in total. The van der Waals surface area contributed by atoms with Crippen molar-refractivity contribution >= 4 is 10.8 Å². The number of aryl methyl sites for hydroxylation is 2. The molecule has 2 fully saturated rings. The number of halogens is 2. The Morgan fingerprint density at radius 1 is 0.706 bits per heavy atom. The van der Waals surface area contributed by atoms with Crippen molar-refractivity contribution in [3.63, 3.8) is 0 Å². The van der Waals surface area contributed by atoms with E-state index in [1.165, 1.54) is 64.2 Å². The lowest BCUT2D eigenvalue weighted by Gasteiger charge is -2.38.